The Morgan fingerprint density at radius 1 is 0.667 bits per heavy atom. The molecule has 0 amide bonds. The quantitative estimate of drug-likeness (QED) is 0.214. The molecule has 0 bridgehead atoms. The first-order valence-electron chi connectivity index (χ1n) is 9.04. The summed E-state index contributed by atoms with van der Waals surface area (Å²) in [5, 5.41) is 19.0. The SMILES string of the molecule is Nc1ccc(OC2(F)CCC(F)(F)C(F)(F)C(F)(Oc3ccc(N)c(O)c3)C2(F)F)cc1O. The van der Waals surface area contributed by atoms with Crippen molar-refractivity contribution >= 4 is 11.4 Å². The summed E-state index contributed by atoms with van der Waals surface area (Å²) < 4.78 is 127. The Bertz CT molecular complexity index is 1070. The molecule has 0 saturated heterocycles. The van der Waals surface area contributed by atoms with Gasteiger partial charge in [-0.3, -0.25) is 0 Å². The van der Waals surface area contributed by atoms with Crippen LogP contribution in [0.3, 0.4) is 0 Å². The number of rotatable bonds is 4. The van der Waals surface area contributed by atoms with Gasteiger partial charge in [0.1, 0.15) is 23.0 Å². The molecule has 1 aliphatic rings. The molecular formula is C19H16F8N2O4. The van der Waals surface area contributed by atoms with Crippen molar-refractivity contribution in [2.24, 2.45) is 0 Å². The monoisotopic (exact) mass is 488 g/mol. The highest BCUT2D eigenvalue weighted by molar-refractivity contribution is 5.55. The number of aromatic hydroxyl groups is 2. The molecule has 0 heterocycles. The number of nitrogen functional groups attached to an aromatic ring is 2. The Morgan fingerprint density at radius 2 is 1.12 bits per heavy atom. The molecule has 2 aromatic rings. The van der Waals surface area contributed by atoms with Crippen LogP contribution in [-0.2, 0) is 0 Å². The highest BCUT2D eigenvalue weighted by atomic mass is 19.3. The molecule has 0 aliphatic heterocycles. The topological polar surface area (TPSA) is 111 Å². The van der Waals surface area contributed by atoms with E-state index in [-0.39, 0.29) is 5.69 Å². The van der Waals surface area contributed by atoms with E-state index in [2.05, 4.69) is 9.47 Å². The molecule has 1 saturated carbocycles. The number of alkyl halides is 8. The van der Waals surface area contributed by atoms with Gasteiger partial charge in [0, 0.05) is 25.0 Å². The standard InChI is InChI=1S/C19H16F8N2O4/c20-15(21)5-6-16(22,32-9-1-3-11(28)13(30)7-9)18(25,26)19(27,17(15,23)24)33-10-2-4-12(29)14(31)8-10/h1-4,7-8,30-31H,5-6,28-29H2. The summed E-state index contributed by atoms with van der Waals surface area (Å²) in [6.45, 7) is 0. The second-order valence-corrected chi connectivity index (χ2v) is 7.32. The van der Waals surface area contributed by atoms with Gasteiger partial charge in [0.25, 0.3) is 0 Å². The van der Waals surface area contributed by atoms with Gasteiger partial charge in [-0.25, -0.2) is 0 Å². The van der Waals surface area contributed by atoms with E-state index in [0.717, 1.165) is 12.1 Å². The minimum Gasteiger partial charge on any atom is -0.506 e. The fourth-order valence-corrected chi connectivity index (χ4v) is 3.07. The molecule has 6 nitrogen and oxygen atoms in total. The van der Waals surface area contributed by atoms with Crippen LogP contribution in [0.5, 0.6) is 23.0 Å². The zero-order valence-electron chi connectivity index (χ0n) is 16.3. The molecular weight excluding hydrogens is 472 g/mol. The third kappa shape index (κ3) is 3.56. The number of nitrogens with two attached hydrogens (primary N) is 2. The number of phenols is 2. The van der Waals surface area contributed by atoms with Crippen molar-refractivity contribution < 1.29 is 54.8 Å². The third-order valence-electron chi connectivity index (χ3n) is 5.04. The van der Waals surface area contributed by atoms with E-state index in [4.69, 9.17) is 11.5 Å². The van der Waals surface area contributed by atoms with E-state index in [9.17, 15) is 27.8 Å². The second kappa shape index (κ2) is 7.35. The number of halogens is 8. The highest BCUT2D eigenvalue weighted by Gasteiger charge is 2.89. The summed E-state index contributed by atoms with van der Waals surface area (Å²) in [6.07, 6.45) is -4.37. The lowest BCUT2D eigenvalue weighted by Crippen LogP contribution is -2.71. The average Bonchev–Trinajstić information content (AvgIpc) is 2.73. The maximum absolute atomic E-state index is 15.4. The van der Waals surface area contributed by atoms with E-state index in [1.54, 1.807) is 0 Å². The lowest BCUT2D eigenvalue weighted by Gasteiger charge is -2.42. The first-order valence-corrected chi connectivity index (χ1v) is 9.04. The lowest BCUT2D eigenvalue weighted by molar-refractivity contribution is -0.406. The van der Waals surface area contributed by atoms with Gasteiger partial charge < -0.3 is 31.2 Å². The summed E-state index contributed by atoms with van der Waals surface area (Å²) in [6, 6.07) is 3.59. The van der Waals surface area contributed by atoms with Crippen LogP contribution in [0.2, 0.25) is 0 Å². The van der Waals surface area contributed by atoms with Crippen LogP contribution in [0.1, 0.15) is 12.8 Å². The van der Waals surface area contributed by atoms with Crippen molar-refractivity contribution in [3.05, 3.63) is 36.4 Å². The van der Waals surface area contributed by atoms with E-state index < -0.39 is 71.0 Å². The van der Waals surface area contributed by atoms with Crippen LogP contribution in [0.15, 0.2) is 36.4 Å². The van der Waals surface area contributed by atoms with E-state index >= 15 is 17.6 Å². The summed E-state index contributed by atoms with van der Waals surface area (Å²) in [5.41, 5.74) is 9.83. The maximum atomic E-state index is 15.4. The van der Waals surface area contributed by atoms with Crippen LogP contribution in [0, 0.1) is 0 Å². The molecule has 0 spiro atoms. The fourth-order valence-electron chi connectivity index (χ4n) is 3.07. The molecule has 2 aromatic carbocycles. The zero-order chi connectivity index (χ0) is 25.0. The molecule has 14 heteroatoms. The summed E-state index contributed by atoms with van der Waals surface area (Å²) in [4.78, 5) is 0. The van der Waals surface area contributed by atoms with Gasteiger partial charge in [-0.15, -0.1) is 0 Å². The molecule has 6 N–H and O–H groups in total. The van der Waals surface area contributed by atoms with Crippen LogP contribution < -0.4 is 20.9 Å². The van der Waals surface area contributed by atoms with Gasteiger partial charge in [-0.05, 0) is 24.3 Å². The van der Waals surface area contributed by atoms with Crippen molar-refractivity contribution in [3.8, 4) is 23.0 Å². The summed E-state index contributed by atoms with van der Waals surface area (Å²) in [5.74, 6) is -32.7. The van der Waals surface area contributed by atoms with Gasteiger partial charge >= 0.3 is 29.5 Å². The first-order chi connectivity index (χ1) is 15.0. The summed E-state index contributed by atoms with van der Waals surface area (Å²) in [7, 11) is 0. The molecule has 1 aliphatic carbocycles. The Morgan fingerprint density at radius 3 is 1.58 bits per heavy atom. The van der Waals surface area contributed by atoms with Crippen molar-refractivity contribution in [1.29, 1.82) is 0 Å². The van der Waals surface area contributed by atoms with E-state index in [1.807, 2.05) is 0 Å². The molecule has 0 aromatic heterocycles. The molecule has 3 rings (SSSR count). The van der Waals surface area contributed by atoms with Crippen LogP contribution in [0.4, 0.5) is 46.5 Å². The van der Waals surface area contributed by atoms with Gasteiger partial charge in [0.05, 0.1) is 11.4 Å². The molecule has 2 atom stereocenters. The lowest BCUT2D eigenvalue weighted by atomic mass is 9.96. The molecule has 2 unspecified atom stereocenters. The number of phenolic OH excluding ortho intramolecular Hbond substituents is 2. The molecule has 33 heavy (non-hydrogen) atoms. The van der Waals surface area contributed by atoms with Crippen molar-refractivity contribution in [1.82, 2.24) is 0 Å². The number of hydrogen-bond donors (Lipinski definition) is 4. The minimum atomic E-state index is -6.29. The Kier molecular flexibility index (Phi) is 5.42. The van der Waals surface area contributed by atoms with E-state index in [1.165, 1.54) is 0 Å². The summed E-state index contributed by atoms with van der Waals surface area (Å²) >= 11 is 0. The van der Waals surface area contributed by atoms with Crippen LogP contribution >= 0.6 is 0 Å². The van der Waals surface area contributed by atoms with Gasteiger partial charge in [-0.2, -0.15) is 35.1 Å². The minimum absolute atomic E-state index is 0.296. The predicted octanol–water partition coefficient (Wildman–Crippen LogP) is 4.75. The Balaban J connectivity index is 2.16. The normalized spacial score (nSPS) is 28.0. The molecule has 0 radical (unpaired) electrons. The molecule has 1 fully saturated rings. The number of anilines is 2. The van der Waals surface area contributed by atoms with Gasteiger partial charge in [0.2, 0.25) is 0 Å². The van der Waals surface area contributed by atoms with Crippen molar-refractivity contribution in [2.45, 2.75) is 42.3 Å². The van der Waals surface area contributed by atoms with Gasteiger partial charge in [-0.1, -0.05) is 0 Å². The number of benzene rings is 2. The number of hydrogen-bond acceptors (Lipinski definition) is 6. The smallest absolute Gasteiger partial charge is 0.390 e. The zero-order valence-corrected chi connectivity index (χ0v) is 16.3. The van der Waals surface area contributed by atoms with Crippen LogP contribution in [0.25, 0.3) is 0 Å². The maximum Gasteiger partial charge on any atom is 0.390 e. The van der Waals surface area contributed by atoms with E-state index in [0.29, 0.717) is 24.3 Å². The third-order valence-corrected chi connectivity index (χ3v) is 5.04. The predicted molar refractivity (Wildman–Crippen MR) is 98.0 cm³/mol. The number of ether oxygens (including phenoxy) is 2. The average molecular weight is 488 g/mol. The van der Waals surface area contributed by atoms with Gasteiger partial charge in [0.15, 0.2) is 0 Å². The van der Waals surface area contributed by atoms with Crippen molar-refractivity contribution in [2.75, 3.05) is 11.5 Å². The Hall–Kier alpha value is -3.32. The second-order valence-electron chi connectivity index (χ2n) is 7.32. The van der Waals surface area contributed by atoms with Crippen molar-refractivity contribution in [3.63, 3.8) is 0 Å². The fraction of sp³-hybridized carbons (Fsp3) is 0.368. The first kappa shape index (κ1) is 24.3. The van der Waals surface area contributed by atoms with Crippen LogP contribution in [-0.4, -0.2) is 39.7 Å². The highest BCUT2D eigenvalue weighted by Crippen LogP contribution is 2.61. The molecule has 182 valence electrons. The Labute approximate surface area is 180 Å². The largest absolute Gasteiger partial charge is 0.506 e.